The first-order valence-corrected chi connectivity index (χ1v) is 6.48. The van der Waals surface area contributed by atoms with Crippen LogP contribution in [-0.4, -0.2) is 0 Å². The van der Waals surface area contributed by atoms with Crippen LogP contribution in [0.2, 0.25) is 0 Å². The van der Waals surface area contributed by atoms with E-state index in [1.807, 2.05) is 18.2 Å². The summed E-state index contributed by atoms with van der Waals surface area (Å²) in [6, 6.07) is 14.6. The van der Waals surface area contributed by atoms with Gasteiger partial charge in [-0.2, -0.15) is 0 Å². The minimum absolute atomic E-state index is 0. The average molecular weight is 311 g/mol. The maximum Gasteiger partial charge on any atom is 0.0316 e. The van der Waals surface area contributed by atoms with Crippen LogP contribution in [0.4, 0.5) is 11.4 Å². The predicted molar refractivity (Wildman–Crippen MR) is 91.0 cm³/mol. The normalized spacial score (nSPS) is 16.5. The van der Waals surface area contributed by atoms with Gasteiger partial charge in [-0.05, 0) is 60.2 Å². The molecule has 1 atom stereocenters. The average Bonchev–Trinajstić information content (AvgIpc) is 2.38. The zero-order valence-electron chi connectivity index (χ0n) is 11.2. The minimum atomic E-state index is 0. The lowest BCUT2D eigenvalue weighted by Gasteiger charge is -2.26. The number of nitrogen functional groups attached to an aromatic ring is 2. The van der Waals surface area contributed by atoms with Gasteiger partial charge in [-0.3, -0.25) is 0 Å². The molecule has 0 spiro atoms. The van der Waals surface area contributed by atoms with Crippen LogP contribution in [0.5, 0.6) is 0 Å². The molecule has 3 rings (SSSR count). The molecule has 2 aromatic carbocycles. The van der Waals surface area contributed by atoms with E-state index in [1.165, 1.54) is 29.5 Å². The Morgan fingerprint density at radius 2 is 1.50 bits per heavy atom. The Morgan fingerprint density at radius 1 is 0.850 bits per heavy atom. The van der Waals surface area contributed by atoms with Gasteiger partial charge in [0.1, 0.15) is 0 Å². The highest BCUT2D eigenvalue weighted by atomic mass is 35.5. The highest BCUT2D eigenvalue weighted by Gasteiger charge is 2.21. The summed E-state index contributed by atoms with van der Waals surface area (Å²) in [7, 11) is 0. The highest BCUT2D eigenvalue weighted by molar-refractivity contribution is 5.85. The minimum Gasteiger partial charge on any atom is -0.399 e. The molecule has 20 heavy (non-hydrogen) atoms. The molecule has 0 aliphatic heterocycles. The van der Waals surface area contributed by atoms with Gasteiger partial charge < -0.3 is 11.5 Å². The molecule has 108 valence electrons. The molecule has 0 fully saturated rings. The van der Waals surface area contributed by atoms with E-state index in [4.69, 9.17) is 11.5 Å². The quantitative estimate of drug-likeness (QED) is 0.777. The van der Waals surface area contributed by atoms with E-state index in [9.17, 15) is 0 Å². The third kappa shape index (κ3) is 3.20. The molecule has 1 aliphatic rings. The molecule has 0 amide bonds. The van der Waals surface area contributed by atoms with E-state index in [0.717, 1.165) is 17.8 Å². The Morgan fingerprint density at radius 3 is 2.20 bits per heavy atom. The first-order valence-electron chi connectivity index (χ1n) is 6.48. The van der Waals surface area contributed by atoms with Crippen LogP contribution in [0.1, 0.15) is 35.4 Å². The van der Waals surface area contributed by atoms with Crippen LogP contribution in [0.25, 0.3) is 0 Å². The van der Waals surface area contributed by atoms with Gasteiger partial charge in [0.2, 0.25) is 0 Å². The summed E-state index contributed by atoms with van der Waals surface area (Å²) in [6.07, 6.45) is 3.58. The monoisotopic (exact) mass is 310 g/mol. The molecule has 0 radical (unpaired) electrons. The first-order chi connectivity index (χ1) is 8.74. The summed E-state index contributed by atoms with van der Waals surface area (Å²) >= 11 is 0. The van der Waals surface area contributed by atoms with E-state index in [-0.39, 0.29) is 24.8 Å². The fourth-order valence-corrected chi connectivity index (χ4v) is 2.91. The Bertz CT molecular complexity index is 567. The van der Waals surface area contributed by atoms with Crippen molar-refractivity contribution in [3.05, 3.63) is 59.2 Å². The maximum atomic E-state index is 5.87. The predicted octanol–water partition coefficient (Wildman–Crippen LogP) is 4.16. The van der Waals surface area contributed by atoms with E-state index < -0.39 is 0 Å². The summed E-state index contributed by atoms with van der Waals surface area (Å²) in [5, 5.41) is 0. The smallest absolute Gasteiger partial charge is 0.0316 e. The van der Waals surface area contributed by atoms with Gasteiger partial charge in [0.05, 0.1) is 0 Å². The number of halogens is 2. The molecule has 1 unspecified atom stereocenters. The van der Waals surface area contributed by atoms with Crippen molar-refractivity contribution >= 4 is 36.2 Å². The molecular weight excluding hydrogens is 291 g/mol. The highest BCUT2D eigenvalue weighted by Crippen LogP contribution is 2.37. The van der Waals surface area contributed by atoms with Crippen LogP contribution in [-0.2, 0) is 6.42 Å². The molecule has 0 bridgehead atoms. The van der Waals surface area contributed by atoms with Gasteiger partial charge in [-0.1, -0.05) is 18.2 Å². The Hall–Kier alpha value is -1.38. The van der Waals surface area contributed by atoms with E-state index in [0.29, 0.717) is 5.92 Å². The lowest BCUT2D eigenvalue weighted by atomic mass is 9.79. The second kappa shape index (κ2) is 6.87. The number of benzene rings is 2. The standard InChI is InChI=1S/C16H18N2.2ClH/c17-13-6-4-11(5-7-13)15-3-1-2-12-10-14(18)8-9-16(12)15;;/h4-10,15H,1-3,17-18H2;2*1H. The molecule has 1 aliphatic carbocycles. The second-order valence-corrected chi connectivity index (χ2v) is 5.07. The zero-order chi connectivity index (χ0) is 12.5. The van der Waals surface area contributed by atoms with Crippen LogP contribution >= 0.6 is 24.8 Å². The van der Waals surface area contributed by atoms with Crippen LogP contribution in [0.15, 0.2) is 42.5 Å². The van der Waals surface area contributed by atoms with Gasteiger partial charge >= 0.3 is 0 Å². The van der Waals surface area contributed by atoms with E-state index in [2.05, 4.69) is 24.3 Å². The van der Waals surface area contributed by atoms with Gasteiger partial charge in [-0.15, -0.1) is 24.8 Å². The SMILES string of the molecule is Cl.Cl.Nc1ccc(C2CCCc3cc(N)ccc32)cc1. The molecule has 4 N–H and O–H groups in total. The summed E-state index contributed by atoms with van der Waals surface area (Å²) in [5.74, 6) is 0.495. The van der Waals surface area contributed by atoms with Gasteiger partial charge in [0.25, 0.3) is 0 Å². The van der Waals surface area contributed by atoms with Crippen LogP contribution in [0, 0.1) is 0 Å². The summed E-state index contributed by atoms with van der Waals surface area (Å²) in [6.45, 7) is 0. The molecule has 4 heteroatoms. The molecular formula is C16H20Cl2N2. The number of fused-ring (bicyclic) bond motifs is 1. The first kappa shape index (κ1) is 16.7. The Kier molecular flexibility index (Phi) is 5.73. The topological polar surface area (TPSA) is 52.0 Å². The number of nitrogens with two attached hydrogens (primary N) is 2. The Balaban J connectivity index is 0.000001000. The van der Waals surface area contributed by atoms with Crippen molar-refractivity contribution in [3.63, 3.8) is 0 Å². The van der Waals surface area contributed by atoms with Crippen molar-refractivity contribution in [2.45, 2.75) is 25.2 Å². The van der Waals surface area contributed by atoms with Crippen molar-refractivity contribution in [1.82, 2.24) is 0 Å². The lowest BCUT2D eigenvalue weighted by Crippen LogP contribution is -2.11. The van der Waals surface area contributed by atoms with Crippen molar-refractivity contribution in [3.8, 4) is 0 Å². The molecule has 2 nitrogen and oxygen atoms in total. The summed E-state index contributed by atoms with van der Waals surface area (Å²) in [4.78, 5) is 0. The van der Waals surface area contributed by atoms with Crippen LogP contribution < -0.4 is 11.5 Å². The summed E-state index contributed by atoms with van der Waals surface area (Å²) < 4.78 is 0. The fraction of sp³-hybridized carbons (Fsp3) is 0.250. The number of rotatable bonds is 1. The van der Waals surface area contributed by atoms with Gasteiger partial charge in [0, 0.05) is 17.3 Å². The molecule has 0 saturated heterocycles. The molecule has 0 aromatic heterocycles. The van der Waals surface area contributed by atoms with Crippen molar-refractivity contribution in [1.29, 1.82) is 0 Å². The fourth-order valence-electron chi connectivity index (χ4n) is 2.91. The van der Waals surface area contributed by atoms with E-state index >= 15 is 0 Å². The number of aryl methyl sites for hydroxylation is 1. The van der Waals surface area contributed by atoms with E-state index in [1.54, 1.807) is 0 Å². The molecule has 0 saturated carbocycles. The molecule has 2 aromatic rings. The number of hydrogen-bond acceptors (Lipinski definition) is 2. The third-order valence-corrected chi connectivity index (χ3v) is 3.82. The third-order valence-electron chi connectivity index (χ3n) is 3.82. The van der Waals surface area contributed by atoms with Crippen molar-refractivity contribution < 1.29 is 0 Å². The Labute approximate surface area is 132 Å². The van der Waals surface area contributed by atoms with Crippen molar-refractivity contribution in [2.75, 3.05) is 11.5 Å². The largest absolute Gasteiger partial charge is 0.399 e. The molecule has 0 heterocycles. The maximum absolute atomic E-state index is 5.87. The lowest BCUT2D eigenvalue weighted by molar-refractivity contribution is 0.616. The number of anilines is 2. The van der Waals surface area contributed by atoms with Crippen molar-refractivity contribution in [2.24, 2.45) is 0 Å². The zero-order valence-corrected chi connectivity index (χ0v) is 12.8. The van der Waals surface area contributed by atoms with Gasteiger partial charge in [0.15, 0.2) is 0 Å². The van der Waals surface area contributed by atoms with Crippen LogP contribution in [0.3, 0.4) is 0 Å². The van der Waals surface area contributed by atoms with Gasteiger partial charge in [-0.25, -0.2) is 0 Å². The number of hydrogen-bond donors (Lipinski definition) is 2. The summed E-state index contributed by atoms with van der Waals surface area (Å²) in [5.41, 5.74) is 17.5. The second-order valence-electron chi connectivity index (χ2n) is 5.07.